The smallest absolute Gasteiger partial charge is 0.268 e. The fourth-order valence-corrected chi connectivity index (χ4v) is 2.79. The van der Waals surface area contributed by atoms with E-state index in [4.69, 9.17) is 6.57 Å². The van der Waals surface area contributed by atoms with Gasteiger partial charge < -0.3 is 5.11 Å². The van der Waals surface area contributed by atoms with E-state index < -0.39 is 5.56 Å². The summed E-state index contributed by atoms with van der Waals surface area (Å²) in [6.45, 7) is 11.3. The third-order valence-corrected chi connectivity index (χ3v) is 4.38. The fourth-order valence-electron chi connectivity index (χ4n) is 2.79. The van der Waals surface area contributed by atoms with Gasteiger partial charge >= 0.3 is 0 Å². The van der Waals surface area contributed by atoms with Gasteiger partial charge in [-0.1, -0.05) is 36.6 Å². The molecule has 3 aromatic rings. The summed E-state index contributed by atoms with van der Waals surface area (Å²) in [4.78, 5) is 16.2. The second kappa shape index (κ2) is 8.79. The van der Waals surface area contributed by atoms with E-state index in [0.29, 0.717) is 18.5 Å². The number of anilines is 1. The molecule has 148 valence electrons. The Hall–Kier alpha value is -4.00. The maximum absolute atomic E-state index is 12.8. The van der Waals surface area contributed by atoms with Gasteiger partial charge in [-0.3, -0.25) is 9.36 Å². The monoisotopic (exact) mass is 392 g/mol. The zero-order valence-electron chi connectivity index (χ0n) is 16.1. The summed E-state index contributed by atoms with van der Waals surface area (Å²) in [6.07, 6.45) is 2.87. The lowest BCUT2D eigenvalue weighted by Crippen LogP contribution is -2.25. The molecule has 0 bridgehead atoms. The zero-order valence-corrected chi connectivity index (χ0v) is 16.1. The summed E-state index contributed by atoms with van der Waals surface area (Å²) in [5, 5.41) is 25.8. The maximum atomic E-state index is 12.8. The highest BCUT2D eigenvalue weighted by Crippen LogP contribution is 2.30. The number of nitrogens with one attached hydrogen (secondary N) is 1. The lowest BCUT2D eigenvalue weighted by atomic mass is 10.1. The molecule has 0 saturated carbocycles. The molecule has 2 aromatic heterocycles. The van der Waals surface area contributed by atoms with Crippen molar-refractivity contribution in [3.63, 3.8) is 0 Å². The molecule has 0 aliphatic rings. The zero-order chi connectivity index (χ0) is 20.8. The molecule has 0 saturated heterocycles. The summed E-state index contributed by atoms with van der Waals surface area (Å²) in [5.41, 5.74) is 3.67. The predicted molar refractivity (Wildman–Crippen MR) is 109 cm³/mol. The average Bonchev–Trinajstić information content (AvgIpc) is 3.20. The van der Waals surface area contributed by atoms with Crippen molar-refractivity contribution in [1.29, 1.82) is 0 Å². The molecule has 29 heavy (non-hydrogen) atoms. The van der Waals surface area contributed by atoms with Crippen LogP contribution >= 0.6 is 0 Å². The van der Waals surface area contributed by atoms with Crippen LogP contribution in [0.3, 0.4) is 0 Å². The Morgan fingerprint density at radius 3 is 2.79 bits per heavy atom. The predicted octanol–water partition coefficient (Wildman–Crippen LogP) is 2.63. The topological polar surface area (TPSA) is 115 Å². The first-order valence-corrected chi connectivity index (χ1v) is 9.05. The van der Waals surface area contributed by atoms with Crippen LogP contribution in [0.15, 0.2) is 40.2 Å². The van der Waals surface area contributed by atoms with Crippen molar-refractivity contribution in [3.05, 3.63) is 63.2 Å². The lowest BCUT2D eigenvalue weighted by Gasteiger charge is -2.13. The van der Waals surface area contributed by atoms with Gasteiger partial charge in [0.05, 0.1) is 24.0 Å². The molecule has 1 aromatic carbocycles. The van der Waals surface area contributed by atoms with Crippen LogP contribution < -0.4 is 11.0 Å². The number of rotatable bonds is 7. The molecule has 0 atom stereocenters. The molecule has 0 aliphatic carbocycles. The molecule has 0 aliphatic heterocycles. The quantitative estimate of drug-likeness (QED) is 0.363. The molecule has 2 heterocycles. The van der Waals surface area contributed by atoms with Crippen molar-refractivity contribution >= 4 is 17.9 Å². The van der Waals surface area contributed by atoms with Crippen molar-refractivity contribution < 1.29 is 5.11 Å². The van der Waals surface area contributed by atoms with Crippen molar-refractivity contribution in [2.75, 3.05) is 5.43 Å². The number of unbranched alkanes of at least 4 members (excludes halogenated alkanes) is 1. The minimum absolute atomic E-state index is 0.0382. The summed E-state index contributed by atoms with van der Waals surface area (Å²) < 4.78 is 2.67. The van der Waals surface area contributed by atoms with Gasteiger partial charge in [0.2, 0.25) is 5.69 Å². The SMILES string of the molecule is [C-]#[N+]c1c(C)c(/C=N\Nc2nnnn2-c2ccccc2)c(=O)n(CCCC)c1O. The highest BCUT2D eigenvalue weighted by atomic mass is 16.3. The number of pyridine rings is 1. The number of hydrogen-bond donors (Lipinski definition) is 2. The summed E-state index contributed by atoms with van der Waals surface area (Å²) in [5.74, 6) is -0.0466. The number of nitrogens with zero attached hydrogens (tertiary/aromatic N) is 7. The Balaban J connectivity index is 1.93. The van der Waals surface area contributed by atoms with E-state index in [2.05, 4.69) is 30.9 Å². The third kappa shape index (κ3) is 3.98. The van der Waals surface area contributed by atoms with Crippen molar-refractivity contribution in [1.82, 2.24) is 24.8 Å². The Morgan fingerprint density at radius 1 is 1.34 bits per heavy atom. The average molecular weight is 392 g/mol. The third-order valence-electron chi connectivity index (χ3n) is 4.38. The van der Waals surface area contributed by atoms with E-state index in [1.54, 1.807) is 6.92 Å². The second-order valence-corrected chi connectivity index (χ2v) is 6.25. The van der Waals surface area contributed by atoms with Crippen molar-refractivity contribution in [2.24, 2.45) is 5.10 Å². The molecule has 0 fully saturated rings. The van der Waals surface area contributed by atoms with Crippen LogP contribution in [-0.2, 0) is 6.54 Å². The molecule has 10 nitrogen and oxygen atoms in total. The second-order valence-electron chi connectivity index (χ2n) is 6.25. The van der Waals surface area contributed by atoms with E-state index in [1.807, 2.05) is 37.3 Å². The van der Waals surface area contributed by atoms with Gasteiger partial charge in [0.25, 0.3) is 11.5 Å². The molecule has 10 heteroatoms. The van der Waals surface area contributed by atoms with Crippen LogP contribution in [0.4, 0.5) is 11.6 Å². The first-order chi connectivity index (χ1) is 14.1. The normalized spacial score (nSPS) is 10.9. The molecular weight excluding hydrogens is 372 g/mol. The van der Waals surface area contributed by atoms with Crippen LogP contribution in [0.1, 0.15) is 30.9 Å². The first kappa shape index (κ1) is 19.8. The molecule has 0 radical (unpaired) electrons. The van der Waals surface area contributed by atoms with Crippen LogP contribution in [0.2, 0.25) is 0 Å². The Kier molecular flexibility index (Phi) is 5.99. The van der Waals surface area contributed by atoms with Gasteiger partial charge in [-0.25, -0.2) is 10.3 Å². The molecule has 0 amide bonds. The number of hydrogen-bond acceptors (Lipinski definition) is 7. The molecule has 0 unspecified atom stereocenters. The summed E-state index contributed by atoms with van der Waals surface area (Å²) >= 11 is 0. The lowest BCUT2D eigenvalue weighted by molar-refractivity contribution is 0.404. The van der Waals surface area contributed by atoms with Gasteiger partial charge in [-0.05, 0) is 41.5 Å². The Morgan fingerprint density at radius 2 is 2.10 bits per heavy atom. The van der Waals surface area contributed by atoms with Crippen molar-refractivity contribution in [2.45, 2.75) is 33.2 Å². The van der Waals surface area contributed by atoms with Gasteiger partial charge in [0, 0.05) is 6.54 Å². The van der Waals surface area contributed by atoms with E-state index >= 15 is 0 Å². The largest absolute Gasteiger partial charge is 0.503 e. The van der Waals surface area contributed by atoms with E-state index in [9.17, 15) is 9.90 Å². The highest BCUT2D eigenvalue weighted by molar-refractivity contribution is 5.85. The van der Waals surface area contributed by atoms with Crippen LogP contribution in [0.5, 0.6) is 5.88 Å². The molecule has 3 rings (SSSR count). The number of hydrazone groups is 1. The van der Waals surface area contributed by atoms with Crippen molar-refractivity contribution in [3.8, 4) is 11.6 Å². The molecule has 0 spiro atoms. The minimum Gasteiger partial charge on any atom is -0.503 e. The minimum atomic E-state index is -0.408. The maximum Gasteiger partial charge on any atom is 0.268 e. The summed E-state index contributed by atoms with van der Waals surface area (Å²) in [6, 6.07) is 9.27. The number of tetrazole rings is 1. The van der Waals surface area contributed by atoms with Gasteiger partial charge in [0.15, 0.2) is 5.88 Å². The fraction of sp³-hybridized carbons (Fsp3) is 0.263. The highest BCUT2D eigenvalue weighted by Gasteiger charge is 2.18. The van der Waals surface area contributed by atoms with Crippen LogP contribution in [0, 0.1) is 13.5 Å². The number of benzene rings is 1. The van der Waals surface area contributed by atoms with Gasteiger partial charge in [-0.2, -0.15) is 9.78 Å². The van der Waals surface area contributed by atoms with E-state index in [-0.39, 0.29) is 23.1 Å². The van der Waals surface area contributed by atoms with Crippen LogP contribution in [-0.4, -0.2) is 36.1 Å². The molecular formula is C19H20N8O2. The summed E-state index contributed by atoms with van der Waals surface area (Å²) in [7, 11) is 0. The standard InChI is InChI=1S/C19H20N8O2/c1-4-5-11-26-17(28)15(13(2)16(20-3)18(26)29)12-21-22-19-23-24-25-27(19)14-9-7-6-8-10-14/h6-10,12,29H,4-5,11H2,1-2H3,(H,22,23,25)/b21-12-. The van der Waals surface area contributed by atoms with Gasteiger partial charge in [0.1, 0.15) is 0 Å². The Labute approximate surface area is 166 Å². The number of para-hydroxylation sites is 1. The number of aromatic nitrogens is 5. The Bertz CT molecular complexity index is 1130. The van der Waals surface area contributed by atoms with E-state index in [0.717, 1.165) is 12.1 Å². The molecule has 2 N–H and O–H groups in total. The van der Waals surface area contributed by atoms with E-state index in [1.165, 1.54) is 15.5 Å². The first-order valence-electron chi connectivity index (χ1n) is 9.05. The van der Waals surface area contributed by atoms with Gasteiger partial charge in [-0.15, -0.1) is 0 Å². The van der Waals surface area contributed by atoms with Crippen LogP contribution in [0.25, 0.3) is 10.5 Å². The number of aromatic hydroxyl groups is 1.